The average Bonchev–Trinajstić information content (AvgIpc) is 2.81. The second-order valence-corrected chi connectivity index (χ2v) is 7.16. The summed E-state index contributed by atoms with van der Waals surface area (Å²) in [6.45, 7) is 0. The van der Waals surface area contributed by atoms with Crippen LogP contribution >= 0.6 is 0 Å². The molecular formula is C26H19N3O2. The molecule has 150 valence electrons. The Bertz CT molecular complexity index is 1350. The Kier molecular flexibility index (Phi) is 4.69. The van der Waals surface area contributed by atoms with Crippen LogP contribution in [0.15, 0.2) is 97.1 Å². The van der Waals surface area contributed by atoms with E-state index in [1.165, 1.54) is 0 Å². The van der Waals surface area contributed by atoms with Crippen LogP contribution in [0.25, 0.3) is 33.5 Å². The predicted octanol–water partition coefficient (Wildman–Crippen LogP) is 6.04. The van der Waals surface area contributed by atoms with Gasteiger partial charge in [-0.1, -0.05) is 30.3 Å². The van der Waals surface area contributed by atoms with Crippen molar-refractivity contribution in [2.24, 2.45) is 0 Å². The largest absolute Gasteiger partial charge is 0.508 e. The fourth-order valence-electron chi connectivity index (χ4n) is 3.39. The van der Waals surface area contributed by atoms with Gasteiger partial charge in [0.2, 0.25) is 0 Å². The maximum Gasteiger partial charge on any atom is 0.129 e. The Morgan fingerprint density at radius 1 is 0.613 bits per heavy atom. The Hall–Kier alpha value is -4.38. The maximum atomic E-state index is 9.69. The SMILES string of the molecule is Nc1ccc(Oc2ccc3nc(-c4ccccc4)c(-c4ccc(O)cc4)nc3c2)cc1. The first-order valence-corrected chi connectivity index (χ1v) is 9.86. The number of benzene rings is 4. The molecule has 5 rings (SSSR count). The molecule has 3 N–H and O–H groups in total. The summed E-state index contributed by atoms with van der Waals surface area (Å²) in [5.74, 6) is 1.56. The highest BCUT2D eigenvalue weighted by atomic mass is 16.5. The molecule has 5 aromatic rings. The summed E-state index contributed by atoms with van der Waals surface area (Å²) in [4.78, 5) is 9.83. The van der Waals surface area contributed by atoms with Crippen molar-refractivity contribution in [2.45, 2.75) is 0 Å². The van der Waals surface area contributed by atoms with E-state index in [4.69, 9.17) is 20.4 Å². The number of nitrogen functional groups attached to an aromatic ring is 1. The first-order valence-electron chi connectivity index (χ1n) is 9.86. The second kappa shape index (κ2) is 7.80. The lowest BCUT2D eigenvalue weighted by molar-refractivity contribution is 0.475. The number of anilines is 1. The third kappa shape index (κ3) is 3.89. The summed E-state index contributed by atoms with van der Waals surface area (Å²) in [6, 6.07) is 29.8. The number of rotatable bonds is 4. The molecule has 0 aliphatic rings. The van der Waals surface area contributed by atoms with Crippen molar-refractivity contribution >= 4 is 16.7 Å². The monoisotopic (exact) mass is 405 g/mol. The molecule has 0 amide bonds. The number of nitrogens with zero attached hydrogens (tertiary/aromatic N) is 2. The fourth-order valence-corrected chi connectivity index (χ4v) is 3.39. The number of ether oxygens (including phenoxy) is 1. The Labute approximate surface area is 179 Å². The van der Waals surface area contributed by atoms with Gasteiger partial charge in [0, 0.05) is 22.9 Å². The van der Waals surface area contributed by atoms with Crippen LogP contribution < -0.4 is 10.5 Å². The molecule has 0 unspecified atom stereocenters. The molecule has 5 heteroatoms. The van der Waals surface area contributed by atoms with Gasteiger partial charge >= 0.3 is 0 Å². The number of fused-ring (bicyclic) bond motifs is 1. The molecule has 0 fully saturated rings. The van der Waals surface area contributed by atoms with Crippen molar-refractivity contribution in [2.75, 3.05) is 5.73 Å². The van der Waals surface area contributed by atoms with Crippen LogP contribution in [0.5, 0.6) is 17.2 Å². The van der Waals surface area contributed by atoms with Crippen LogP contribution in [0, 0.1) is 0 Å². The number of nitrogens with two attached hydrogens (primary N) is 1. The van der Waals surface area contributed by atoms with Gasteiger partial charge in [0.25, 0.3) is 0 Å². The molecule has 0 spiro atoms. The van der Waals surface area contributed by atoms with Gasteiger partial charge < -0.3 is 15.6 Å². The molecule has 1 heterocycles. The van der Waals surface area contributed by atoms with Gasteiger partial charge in [-0.05, 0) is 60.7 Å². The van der Waals surface area contributed by atoms with Gasteiger partial charge in [-0.2, -0.15) is 0 Å². The van der Waals surface area contributed by atoms with Crippen LogP contribution in [0.4, 0.5) is 5.69 Å². The van der Waals surface area contributed by atoms with Crippen LogP contribution in [0.3, 0.4) is 0 Å². The van der Waals surface area contributed by atoms with Crippen LogP contribution in [0.1, 0.15) is 0 Å². The fraction of sp³-hybridized carbons (Fsp3) is 0. The zero-order valence-electron chi connectivity index (χ0n) is 16.6. The van der Waals surface area contributed by atoms with E-state index in [0.29, 0.717) is 17.2 Å². The molecule has 0 saturated heterocycles. The number of phenols is 1. The summed E-state index contributed by atoms with van der Waals surface area (Å²) in [7, 11) is 0. The van der Waals surface area contributed by atoms with E-state index < -0.39 is 0 Å². The van der Waals surface area contributed by atoms with E-state index in [1.807, 2.05) is 72.8 Å². The normalized spacial score (nSPS) is 10.8. The molecule has 0 aliphatic carbocycles. The van der Waals surface area contributed by atoms with Crippen molar-refractivity contribution in [3.63, 3.8) is 0 Å². The van der Waals surface area contributed by atoms with Gasteiger partial charge in [-0.3, -0.25) is 0 Å². The standard InChI is InChI=1S/C26H19N3O2/c27-19-8-12-21(13-9-19)31-22-14-15-23-24(16-22)29-26(18-6-10-20(30)11-7-18)25(28-23)17-4-2-1-3-5-17/h1-16,30H,27H2. The van der Waals surface area contributed by atoms with E-state index in [-0.39, 0.29) is 5.75 Å². The van der Waals surface area contributed by atoms with E-state index in [2.05, 4.69) is 0 Å². The Balaban J connectivity index is 1.63. The van der Waals surface area contributed by atoms with E-state index in [1.54, 1.807) is 24.3 Å². The Morgan fingerprint density at radius 3 is 1.94 bits per heavy atom. The lowest BCUT2D eigenvalue weighted by Gasteiger charge is -2.12. The second-order valence-electron chi connectivity index (χ2n) is 7.16. The molecule has 31 heavy (non-hydrogen) atoms. The number of aromatic hydroxyl groups is 1. The molecule has 0 aliphatic heterocycles. The molecule has 0 atom stereocenters. The average molecular weight is 405 g/mol. The van der Waals surface area contributed by atoms with Gasteiger partial charge in [0.05, 0.1) is 22.4 Å². The topological polar surface area (TPSA) is 81.3 Å². The minimum atomic E-state index is 0.206. The smallest absolute Gasteiger partial charge is 0.129 e. The van der Waals surface area contributed by atoms with Crippen LogP contribution in [-0.4, -0.2) is 15.1 Å². The number of aromatic nitrogens is 2. The molecule has 1 aromatic heterocycles. The maximum absolute atomic E-state index is 9.69. The summed E-state index contributed by atoms with van der Waals surface area (Å²) in [6.07, 6.45) is 0. The van der Waals surface area contributed by atoms with E-state index in [0.717, 1.165) is 33.5 Å². The molecule has 0 bridgehead atoms. The molecular weight excluding hydrogens is 386 g/mol. The van der Waals surface area contributed by atoms with Gasteiger partial charge in [0.1, 0.15) is 17.2 Å². The molecule has 0 saturated carbocycles. The van der Waals surface area contributed by atoms with Crippen LogP contribution in [-0.2, 0) is 0 Å². The van der Waals surface area contributed by atoms with Gasteiger partial charge in [0.15, 0.2) is 0 Å². The molecule has 5 nitrogen and oxygen atoms in total. The summed E-state index contributed by atoms with van der Waals surface area (Å²) >= 11 is 0. The number of hydrogen-bond donors (Lipinski definition) is 2. The summed E-state index contributed by atoms with van der Waals surface area (Å²) in [5, 5.41) is 9.69. The Morgan fingerprint density at radius 2 is 1.23 bits per heavy atom. The zero-order chi connectivity index (χ0) is 21.2. The first-order chi connectivity index (χ1) is 15.2. The molecule has 4 aromatic carbocycles. The van der Waals surface area contributed by atoms with Gasteiger partial charge in [-0.15, -0.1) is 0 Å². The van der Waals surface area contributed by atoms with Crippen molar-refractivity contribution in [1.82, 2.24) is 9.97 Å². The van der Waals surface area contributed by atoms with E-state index in [9.17, 15) is 5.11 Å². The lowest BCUT2D eigenvalue weighted by atomic mass is 10.0. The first kappa shape index (κ1) is 18.6. The number of phenolic OH excluding ortho intramolecular Hbond substituents is 1. The van der Waals surface area contributed by atoms with E-state index >= 15 is 0 Å². The highest BCUT2D eigenvalue weighted by Gasteiger charge is 2.14. The highest BCUT2D eigenvalue weighted by Crippen LogP contribution is 2.33. The molecule has 0 radical (unpaired) electrons. The lowest BCUT2D eigenvalue weighted by Crippen LogP contribution is -1.96. The summed E-state index contributed by atoms with van der Waals surface area (Å²) < 4.78 is 5.96. The van der Waals surface area contributed by atoms with Gasteiger partial charge in [-0.25, -0.2) is 9.97 Å². The zero-order valence-corrected chi connectivity index (χ0v) is 16.6. The quantitative estimate of drug-likeness (QED) is 0.356. The summed E-state index contributed by atoms with van der Waals surface area (Å²) in [5.41, 5.74) is 11.3. The van der Waals surface area contributed by atoms with Crippen molar-refractivity contribution in [1.29, 1.82) is 0 Å². The minimum absolute atomic E-state index is 0.206. The van der Waals surface area contributed by atoms with Crippen molar-refractivity contribution in [3.8, 4) is 39.8 Å². The predicted molar refractivity (Wildman–Crippen MR) is 123 cm³/mol. The van der Waals surface area contributed by atoms with Crippen molar-refractivity contribution < 1.29 is 9.84 Å². The highest BCUT2D eigenvalue weighted by molar-refractivity contribution is 5.87. The van der Waals surface area contributed by atoms with Crippen molar-refractivity contribution in [3.05, 3.63) is 97.1 Å². The number of hydrogen-bond acceptors (Lipinski definition) is 5. The van der Waals surface area contributed by atoms with Crippen LogP contribution in [0.2, 0.25) is 0 Å². The third-order valence-corrected chi connectivity index (χ3v) is 4.94. The third-order valence-electron chi connectivity index (χ3n) is 4.94. The minimum Gasteiger partial charge on any atom is -0.508 e.